The van der Waals surface area contributed by atoms with E-state index in [1.807, 2.05) is 36.4 Å². The van der Waals surface area contributed by atoms with Crippen molar-refractivity contribution in [2.75, 3.05) is 26.8 Å². The number of halogens is 2. The van der Waals surface area contributed by atoms with Crippen molar-refractivity contribution < 1.29 is 14.3 Å². The van der Waals surface area contributed by atoms with E-state index in [2.05, 4.69) is 52.0 Å². The second-order valence-corrected chi connectivity index (χ2v) is 13.2. The predicted molar refractivity (Wildman–Crippen MR) is 190 cm³/mol. The Morgan fingerprint density at radius 2 is 1.77 bits per heavy atom. The molecule has 0 bridgehead atoms. The molecule has 3 N–H and O–H groups in total. The number of hydrogen-bond donors (Lipinski definition) is 3. The molecule has 2 saturated heterocycles. The molecular formula is C37H38Cl2N6O3. The first kappa shape index (κ1) is 32.6. The smallest absolute Gasteiger partial charge is 0.220 e. The number of benzene rings is 2. The number of ether oxygens (including phenoxy) is 2. The van der Waals surface area contributed by atoms with Crippen LogP contribution in [0.15, 0.2) is 67.0 Å². The number of rotatable bonds is 12. The second kappa shape index (κ2) is 14.2. The fraction of sp³-hybridized carbons (Fsp3) is 0.324. The van der Waals surface area contributed by atoms with E-state index in [1.54, 1.807) is 13.3 Å². The van der Waals surface area contributed by atoms with Gasteiger partial charge >= 0.3 is 0 Å². The van der Waals surface area contributed by atoms with Crippen LogP contribution in [0.1, 0.15) is 30.4 Å². The van der Waals surface area contributed by atoms with Crippen LogP contribution in [-0.4, -0.2) is 59.4 Å². The first-order valence-electron chi connectivity index (χ1n) is 16.3. The minimum Gasteiger partial charge on any atom is -0.481 e. The van der Waals surface area contributed by atoms with Gasteiger partial charge in [-0.05, 0) is 36.6 Å². The van der Waals surface area contributed by atoms with Gasteiger partial charge in [0.25, 0.3) is 0 Å². The average molecular weight is 686 g/mol. The lowest BCUT2D eigenvalue weighted by atomic mass is 9.99. The number of aromatic nitrogens is 3. The zero-order valence-corrected chi connectivity index (χ0v) is 28.5. The summed E-state index contributed by atoms with van der Waals surface area (Å²) in [6, 6.07) is 18.2. The second-order valence-electron chi connectivity index (χ2n) is 12.4. The Bertz CT molecular complexity index is 1970. The minimum absolute atomic E-state index is 0.107. The Morgan fingerprint density at radius 1 is 0.979 bits per heavy atom. The number of fused-ring (bicyclic) bond motifs is 1. The molecule has 2 fully saturated rings. The normalized spacial score (nSPS) is 17.5. The van der Waals surface area contributed by atoms with Crippen LogP contribution in [0.4, 0.5) is 0 Å². The van der Waals surface area contributed by atoms with Gasteiger partial charge in [0.2, 0.25) is 11.8 Å². The molecule has 5 aromatic rings. The number of amides is 1. The number of hydrogen-bond acceptors (Lipinski definition) is 7. The van der Waals surface area contributed by atoms with Crippen LogP contribution < -0.4 is 20.7 Å². The molecule has 7 rings (SSSR count). The molecule has 0 spiro atoms. The van der Waals surface area contributed by atoms with Gasteiger partial charge in [-0.2, -0.15) is 0 Å². The number of nitrogens with one attached hydrogen (secondary N) is 3. The first-order valence-corrected chi connectivity index (χ1v) is 17.0. The van der Waals surface area contributed by atoms with E-state index < -0.39 is 0 Å². The van der Waals surface area contributed by atoms with Gasteiger partial charge in [-0.15, -0.1) is 0 Å². The van der Waals surface area contributed by atoms with Crippen molar-refractivity contribution in [2.45, 2.75) is 44.5 Å². The van der Waals surface area contributed by atoms with Crippen LogP contribution in [0.3, 0.4) is 0 Å². The van der Waals surface area contributed by atoms with Crippen molar-refractivity contribution in [1.82, 2.24) is 30.5 Å². The monoisotopic (exact) mass is 684 g/mol. The van der Waals surface area contributed by atoms with E-state index in [0.717, 1.165) is 65.9 Å². The number of carbonyl (C=O) groups is 1. The van der Waals surface area contributed by atoms with Crippen LogP contribution >= 0.6 is 23.2 Å². The predicted octanol–water partition coefficient (Wildman–Crippen LogP) is 6.53. The van der Waals surface area contributed by atoms with Gasteiger partial charge in [-0.1, -0.05) is 59.6 Å². The summed E-state index contributed by atoms with van der Waals surface area (Å²) in [5.74, 6) is 0.624. The standard InChI is InChI=1S/C37H38Cl2N6O3/c1-45-21-24(18-41-20-26-13-15-48-26)27-9-6-22(16-32(27)45)36-35(39)29(12-14-42-36)28-4-3-5-30(34(28)38)31-10-7-23(37(44-31)47-2)17-40-19-25-8-11-33(46)43-25/h3-7,9-10,12,14,16,21,25-26,40-41H,8,11,13,15,17-20H2,1-2H3,(H,43,46)/t25-,26-/m1/s1. The lowest BCUT2D eigenvalue weighted by Gasteiger charge is -2.26. The van der Waals surface area contributed by atoms with E-state index in [-0.39, 0.29) is 11.9 Å². The summed E-state index contributed by atoms with van der Waals surface area (Å²) in [5, 5.41) is 12.2. The topological polar surface area (TPSA) is 102 Å². The Morgan fingerprint density at radius 3 is 2.54 bits per heavy atom. The molecule has 2 aliphatic rings. The molecule has 1 amide bonds. The molecular weight excluding hydrogens is 647 g/mol. The molecule has 3 aromatic heterocycles. The molecule has 0 aliphatic carbocycles. The summed E-state index contributed by atoms with van der Waals surface area (Å²) in [7, 11) is 3.67. The Balaban J connectivity index is 1.12. The van der Waals surface area contributed by atoms with Crippen molar-refractivity contribution in [3.63, 3.8) is 0 Å². The molecule has 0 saturated carbocycles. The summed E-state index contributed by atoms with van der Waals surface area (Å²) in [5.41, 5.74) is 7.92. The maximum absolute atomic E-state index is 11.5. The third-order valence-electron chi connectivity index (χ3n) is 9.21. The Kier molecular flexibility index (Phi) is 9.66. The minimum atomic E-state index is 0.107. The van der Waals surface area contributed by atoms with Crippen molar-refractivity contribution in [1.29, 1.82) is 0 Å². The number of aryl methyl sites for hydroxylation is 1. The highest BCUT2D eigenvalue weighted by molar-refractivity contribution is 6.39. The molecule has 0 unspecified atom stereocenters. The quantitative estimate of drug-likeness (QED) is 0.137. The third-order valence-corrected chi connectivity index (χ3v) is 9.99. The van der Waals surface area contributed by atoms with E-state index in [0.29, 0.717) is 52.9 Å². The number of methoxy groups -OCH3 is 1. The Hall–Kier alpha value is -3.99. The van der Waals surface area contributed by atoms with Crippen LogP contribution in [0.25, 0.3) is 44.5 Å². The van der Waals surface area contributed by atoms with Gasteiger partial charge in [0.05, 0.1) is 34.6 Å². The van der Waals surface area contributed by atoms with Crippen molar-refractivity contribution in [2.24, 2.45) is 7.05 Å². The molecule has 0 radical (unpaired) electrons. The summed E-state index contributed by atoms with van der Waals surface area (Å²) in [4.78, 5) is 21.0. The van der Waals surface area contributed by atoms with Crippen LogP contribution in [0, 0.1) is 0 Å². The highest BCUT2D eigenvalue weighted by atomic mass is 35.5. The van der Waals surface area contributed by atoms with Crippen molar-refractivity contribution >= 4 is 40.0 Å². The summed E-state index contributed by atoms with van der Waals surface area (Å²) in [6.45, 7) is 3.76. The molecule has 248 valence electrons. The zero-order valence-electron chi connectivity index (χ0n) is 27.0. The molecule has 11 heteroatoms. The molecule has 48 heavy (non-hydrogen) atoms. The first-order chi connectivity index (χ1) is 23.4. The van der Waals surface area contributed by atoms with Crippen molar-refractivity contribution in [3.8, 4) is 39.5 Å². The van der Waals surface area contributed by atoms with Gasteiger partial charge < -0.3 is 30.0 Å². The number of carbonyl (C=O) groups excluding carboxylic acids is 1. The zero-order chi connectivity index (χ0) is 33.2. The summed E-state index contributed by atoms with van der Waals surface area (Å²) in [6.07, 6.45) is 6.81. The van der Waals surface area contributed by atoms with Gasteiger partial charge in [0.15, 0.2) is 0 Å². The van der Waals surface area contributed by atoms with E-state index >= 15 is 0 Å². The third kappa shape index (κ3) is 6.66. The lowest BCUT2D eigenvalue weighted by Crippen LogP contribution is -2.36. The fourth-order valence-corrected chi connectivity index (χ4v) is 7.15. The van der Waals surface area contributed by atoms with E-state index in [9.17, 15) is 4.79 Å². The Labute approximate surface area is 290 Å². The molecule has 5 heterocycles. The highest BCUT2D eigenvalue weighted by Gasteiger charge is 2.22. The van der Waals surface area contributed by atoms with E-state index in [4.69, 9.17) is 42.6 Å². The van der Waals surface area contributed by atoms with Gasteiger partial charge in [-0.25, -0.2) is 4.98 Å². The number of nitrogens with zero attached hydrogens (tertiary/aromatic N) is 3. The summed E-state index contributed by atoms with van der Waals surface area (Å²) < 4.78 is 13.3. The maximum atomic E-state index is 11.5. The largest absolute Gasteiger partial charge is 0.481 e. The van der Waals surface area contributed by atoms with Crippen molar-refractivity contribution in [3.05, 3.63) is 88.2 Å². The van der Waals surface area contributed by atoms with Gasteiger partial charge in [0.1, 0.15) is 0 Å². The SMILES string of the molecule is COc1nc(-c2cccc(-c3ccnc(-c4ccc5c(CNC[C@H]6CCO6)cn(C)c5c4)c3Cl)c2Cl)ccc1CNC[C@H]1CCC(=O)N1. The molecule has 9 nitrogen and oxygen atoms in total. The number of pyridine rings is 2. The molecule has 2 aromatic carbocycles. The van der Waals surface area contributed by atoms with Gasteiger partial charge in [0, 0.05) is 103 Å². The van der Waals surface area contributed by atoms with Gasteiger partial charge in [-0.3, -0.25) is 9.78 Å². The average Bonchev–Trinajstić information content (AvgIpc) is 3.64. The summed E-state index contributed by atoms with van der Waals surface area (Å²) >= 11 is 14.2. The molecule has 2 aliphatic heterocycles. The fourth-order valence-electron chi connectivity index (χ4n) is 6.50. The maximum Gasteiger partial charge on any atom is 0.220 e. The van der Waals surface area contributed by atoms with E-state index in [1.165, 1.54) is 10.9 Å². The van der Waals surface area contributed by atoms with Crippen LogP contribution in [0.2, 0.25) is 10.0 Å². The molecule has 2 atom stereocenters. The van der Waals surface area contributed by atoms with Crippen LogP contribution in [0.5, 0.6) is 5.88 Å². The lowest BCUT2D eigenvalue weighted by molar-refractivity contribution is -0.119. The highest BCUT2D eigenvalue weighted by Crippen LogP contribution is 2.42. The van der Waals surface area contributed by atoms with Crippen LogP contribution in [-0.2, 0) is 29.7 Å².